The van der Waals surface area contributed by atoms with Crippen LogP contribution in [0.4, 0.5) is 18.9 Å². The normalized spacial score (nSPS) is 16.3. The Morgan fingerprint density at radius 2 is 1.55 bits per heavy atom. The highest BCUT2D eigenvalue weighted by Gasteiger charge is 2.51. The van der Waals surface area contributed by atoms with Gasteiger partial charge in [-0.05, 0) is 72.0 Å². The molecule has 2 N–H and O–H groups in total. The smallest absolute Gasteiger partial charge is 0.479 e. The van der Waals surface area contributed by atoms with Crippen molar-refractivity contribution in [1.29, 1.82) is 0 Å². The van der Waals surface area contributed by atoms with Gasteiger partial charge in [-0.3, -0.25) is 9.59 Å². The largest absolute Gasteiger partial charge is 0.573 e. The molecule has 2 aliphatic rings. The highest BCUT2D eigenvalue weighted by atomic mass is 19.4. The van der Waals surface area contributed by atoms with Crippen LogP contribution in [0.25, 0.3) is 11.1 Å². The number of alkyl halides is 3. The number of anilines is 1. The van der Waals surface area contributed by atoms with Crippen LogP contribution in [0.1, 0.15) is 52.0 Å². The molecule has 7 nitrogen and oxygen atoms in total. The van der Waals surface area contributed by atoms with Gasteiger partial charge in [-0.1, -0.05) is 37.1 Å². The molecule has 0 bridgehead atoms. The number of carbonyl (C=O) groups is 3. The molecule has 0 saturated heterocycles. The van der Waals surface area contributed by atoms with Crippen LogP contribution in [0.15, 0.2) is 66.7 Å². The van der Waals surface area contributed by atoms with Crippen LogP contribution in [0, 0.1) is 0 Å². The lowest BCUT2D eigenvalue weighted by Crippen LogP contribution is -2.52. The van der Waals surface area contributed by atoms with Crippen molar-refractivity contribution in [3.63, 3.8) is 0 Å². The van der Waals surface area contributed by atoms with Gasteiger partial charge < -0.3 is 20.1 Å². The van der Waals surface area contributed by atoms with E-state index in [1.807, 2.05) is 12.1 Å². The number of aliphatic carboxylic acids is 1. The molecule has 0 aromatic heterocycles. The standard InChI is InChI=1S/C28H23F3N2O5/c29-28(30,31)38-22-11-7-18(8-12-22)24(34)32-21-9-5-17(6-10-21)19-3-4-20-16-33(25(35)23(20)15-19)27(26(36)37)13-1-2-14-27/h3-12,15H,1-2,13-14,16H2,(H,32,34)(H,36,37). The minimum atomic E-state index is -4.81. The number of carboxylic acid groups (broad SMARTS) is 1. The van der Waals surface area contributed by atoms with Crippen LogP contribution < -0.4 is 10.1 Å². The van der Waals surface area contributed by atoms with Crippen molar-refractivity contribution < 1.29 is 37.4 Å². The van der Waals surface area contributed by atoms with Gasteiger partial charge in [-0.15, -0.1) is 13.2 Å². The van der Waals surface area contributed by atoms with Gasteiger partial charge >= 0.3 is 12.3 Å². The first kappa shape index (κ1) is 25.3. The first-order valence-corrected chi connectivity index (χ1v) is 12.0. The van der Waals surface area contributed by atoms with Crippen LogP contribution in [-0.4, -0.2) is 39.7 Å². The fourth-order valence-electron chi connectivity index (χ4n) is 5.14. The van der Waals surface area contributed by atoms with E-state index in [-0.39, 0.29) is 18.0 Å². The highest BCUT2D eigenvalue weighted by molar-refractivity contribution is 6.04. The molecule has 3 aromatic rings. The van der Waals surface area contributed by atoms with Crippen molar-refractivity contribution in [3.8, 4) is 16.9 Å². The quantitative estimate of drug-likeness (QED) is 0.421. The van der Waals surface area contributed by atoms with Gasteiger partial charge in [-0.2, -0.15) is 0 Å². The Hall–Kier alpha value is -4.34. The van der Waals surface area contributed by atoms with Crippen molar-refractivity contribution in [2.45, 2.75) is 44.1 Å². The Bertz CT molecular complexity index is 1400. The second-order valence-electron chi connectivity index (χ2n) is 9.41. The lowest BCUT2D eigenvalue weighted by atomic mass is 9.95. The Balaban J connectivity index is 1.28. The topological polar surface area (TPSA) is 95.9 Å². The van der Waals surface area contributed by atoms with Crippen LogP contribution in [0.5, 0.6) is 5.75 Å². The third-order valence-electron chi connectivity index (χ3n) is 7.09. The lowest BCUT2D eigenvalue weighted by molar-refractivity contribution is -0.274. The van der Waals surface area contributed by atoms with Gasteiger partial charge in [0.05, 0.1) is 0 Å². The SMILES string of the molecule is O=C(Nc1ccc(-c2ccc3c(c2)C(=O)N(C2(C(=O)O)CCCC2)C3)cc1)c1ccc(OC(F)(F)F)cc1. The number of nitrogens with zero attached hydrogens (tertiary/aromatic N) is 1. The second kappa shape index (κ2) is 9.51. The summed E-state index contributed by atoms with van der Waals surface area (Å²) >= 11 is 0. The maximum absolute atomic E-state index is 13.2. The van der Waals surface area contributed by atoms with E-state index in [4.69, 9.17) is 0 Å². The molecule has 5 rings (SSSR count). The summed E-state index contributed by atoms with van der Waals surface area (Å²) in [6.07, 6.45) is -2.36. The maximum atomic E-state index is 13.2. The van der Waals surface area contributed by atoms with Crippen molar-refractivity contribution in [1.82, 2.24) is 4.90 Å². The molecule has 1 saturated carbocycles. The lowest BCUT2D eigenvalue weighted by Gasteiger charge is -2.34. The molecule has 0 spiro atoms. The Labute approximate surface area is 215 Å². The zero-order valence-electron chi connectivity index (χ0n) is 20.0. The zero-order valence-corrected chi connectivity index (χ0v) is 20.0. The number of hydrogen-bond acceptors (Lipinski definition) is 4. The average Bonchev–Trinajstić information content (AvgIpc) is 3.50. The van der Waals surface area contributed by atoms with E-state index in [1.54, 1.807) is 30.3 Å². The molecule has 1 aliphatic carbocycles. The molecular formula is C28H23F3N2O5. The number of halogens is 3. The first-order chi connectivity index (χ1) is 18.1. The molecule has 1 fully saturated rings. The summed E-state index contributed by atoms with van der Waals surface area (Å²) in [6, 6.07) is 17.0. The molecule has 0 unspecified atom stereocenters. The summed E-state index contributed by atoms with van der Waals surface area (Å²) in [5, 5.41) is 12.6. The number of nitrogens with one attached hydrogen (secondary N) is 1. The fourth-order valence-corrected chi connectivity index (χ4v) is 5.14. The van der Waals surface area contributed by atoms with E-state index in [0.717, 1.165) is 41.7 Å². The summed E-state index contributed by atoms with van der Waals surface area (Å²) in [6.45, 7) is 0.273. The van der Waals surface area contributed by atoms with Gasteiger partial charge in [0.25, 0.3) is 11.8 Å². The third kappa shape index (κ3) is 4.81. The highest BCUT2D eigenvalue weighted by Crippen LogP contribution is 2.41. The minimum absolute atomic E-state index is 0.159. The number of benzene rings is 3. The molecule has 1 aliphatic heterocycles. The van der Waals surface area contributed by atoms with Gasteiger partial charge in [0, 0.05) is 23.4 Å². The van der Waals surface area contributed by atoms with E-state index in [9.17, 15) is 32.7 Å². The van der Waals surface area contributed by atoms with Gasteiger partial charge in [0.15, 0.2) is 0 Å². The minimum Gasteiger partial charge on any atom is -0.479 e. The summed E-state index contributed by atoms with van der Waals surface area (Å²) in [5.41, 5.74) is 2.33. The zero-order chi connectivity index (χ0) is 27.1. The van der Waals surface area contributed by atoms with Crippen LogP contribution >= 0.6 is 0 Å². The van der Waals surface area contributed by atoms with E-state index in [1.165, 1.54) is 17.0 Å². The monoisotopic (exact) mass is 524 g/mol. The van der Waals surface area contributed by atoms with E-state index in [0.29, 0.717) is 24.1 Å². The van der Waals surface area contributed by atoms with Gasteiger partial charge in [0.2, 0.25) is 0 Å². The number of carboxylic acids is 1. The molecule has 2 amide bonds. The number of amides is 2. The molecule has 1 heterocycles. The predicted octanol–water partition coefficient (Wildman–Crippen LogP) is 5.86. The van der Waals surface area contributed by atoms with Crippen LogP contribution in [-0.2, 0) is 11.3 Å². The van der Waals surface area contributed by atoms with Gasteiger partial charge in [0.1, 0.15) is 11.3 Å². The number of ether oxygens (including phenoxy) is 1. The molecule has 3 aromatic carbocycles. The molecule has 38 heavy (non-hydrogen) atoms. The number of carbonyl (C=O) groups excluding carboxylic acids is 2. The Morgan fingerprint density at radius 1 is 0.921 bits per heavy atom. The first-order valence-electron chi connectivity index (χ1n) is 12.0. The Morgan fingerprint density at radius 3 is 2.16 bits per heavy atom. The number of hydrogen-bond donors (Lipinski definition) is 2. The maximum Gasteiger partial charge on any atom is 0.573 e. The summed E-state index contributed by atoms with van der Waals surface area (Å²) < 4.78 is 40.7. The van der Waals surface area contributed by atoms with Crippen LogP contribution in [0.2, 0.25) is 0 Å². The van der Waals surface area contributed by atoms with E-state index < -0.39 is 29.5 Å². The summed E-state index contributed by atoms with van der Waals surface area (Å²) in [4.78, 5) is 39.3. The number of rotatable bonds is 6. The van der Waals surface area contributed by atoms with Gasteiger partial charge in [-0.25, -0.2) is 4.79 Å². The molecule has 10 heteroatoms. The molecule has 0 atom stereocenters. The summed E-state index contributed by atoms with van der Waals surface area (Å²) in [5.74, 6) is -2.16. The predicted molar refractivity (Wildman–Crippen MR) is 132 cm³/mol. The van der Waals surface area contributed by atoms with Crippen molar-refractivity contribution in [2.24, 2.45) is 0 Å². The molecular weight excluding hydrogens is 501 g/mol. The Kier molecular flexibility index (Phi) is 6.34. The van der Waals surface area contributed by atoms with Crippen molar-refractivity contribution in [3.05, 3.63) is 83.4 Å². The van der Waals surface area contributed by atoms with E-state index in [2.05, 4.69) is 10.1 Å². The summed E-state index contributed by atoms with van der Waals surface area (Å²) in [7, 11) is 0. The van der Waals surface area contributed by atoms with Crippen molar-refractivity contribution in [2.75, 3.05) is 5.32 Å². The molecule has 196 valence electrons. The van der Waals surface area contributed by atoms with Crippen molar-refractivity contribution >= 4 is 23.5 Å². The average molecular weight is 524 g/mol. The fraction of sp³-hybridized carbons (Fsp3) is 0.250. The second-order valence-corrected chi connectivity index (χ2v) is 9.41. The van der Waals surface area contributed by atoms with Crippen LogP contribution in [0.3, 0.4) is 0 Å². The molecule has 0 radical (unpaired) electrons. The third-order valence-corrected chi connectivity index (χ3v) is 7.09. The number of fused-ring (bicyclic) bond motifs is 1. The van der Waals surface area contributed by atoms with E-state index >= 15 is 0 Å².